The number of anilines is 1. The van der Waals surface area contributed by atoms with Gasteiger partial charge in [0.15, 0.2) is 0 Å². The first kappa shape index (κ1) is 12.8. The topological polar surface area (TPSA) is 84.0 Å². The first-order valence-electron chi connectivity index (χ1n) is 5.66. The Balaban J connectivity index is 2.34. The smallest absolute Gasteiger partial charge is 0.322 e. The molecule has 0 saturated heterocycles. The van der Waals surface area contributed by atoms with Crippen molar-refractivity contribution < 1.29 is 4.79 Å². The number of nitrogens with zero attached hydrogens (tertiary/aromatic N) is 1. The molecule has 19 heavy (non-hydrogen) atoms. The van der Waals surface area contributed by atoms with E-state index in [4.69, 9.17) is 0 Å². The highest BCUT2D eigenvalue weighted by atomic mass is 16.2. The molecule has 0 aliphatic rings. The van der Waals surface area contributed by atoms with Gasteiger partial charge in [-0.1, -0.05) is 12.1 Å². The second-order valence-electron chi connectivity index (χ2n) is 4.20. The molecule has 6 heteroatoms. The summed E-state index contributed by atoms with van der Waals surface area (Å²) in [5, 5.41) is 2.61. The molecule has 2 N–H and O–H groups in total. The standard InChI is InChI=1S/C13H13N3O3/c1-8-4-3-5-9(6-8)15-11(17)10-7-14-13(19)16(2)12(10)18/h3-7H,1-2H3,(H,14,19)(H,15,17). The van der Waals surface area contributed by atoms with Crippen molar-refractivity contribution >= 4 is 11.6 Å². The van der Waals surface area contributed by atoms with Crippen LogP contribution in [-0.2, 0) is 7.05 Å². The quantitative estimate of drug-likeness (QED) is 0.829. The average molecular weight is 259 g/mol. The molecule has 0 aliphatic carbocycles. The summed E-state index contributed by atoms with van der Waals surface area (Å²) >= 11 is 0. The van der Waals surface area contributed by atoms with Crippen molar-refractivity contribution in [1.29, 1.82) is 0 Å². The number of nitrogens with one attached hydrogen (secondary N) is 2. The van der Waals surface area contributed by atoms with E-state index in [1.54, 1.807) is 18.2 Å². The van der Waals surface area contributed by atoms with Crippen LogP contribution in [0.1, 0.15) is 15.9 Å². The molecule has 98 valence electrons. The summed E-state index contributed by atoms with van der Waals surface area (Å²) in [5.74, 6) is -0.553. The predicted octanol–water partition coefficient (Wildman–Crippen LogP) is 0.634. The van der Waals surface area contributed by atoms with E-state index in [9.17, 15) is 14.4 Å². The van der Waals surface area contributed by atoms with Gasteiger partial charge in [-0.25, -0.2) is 4.79 Å². The number of hydrogen-bond donors (Lipinski definition) is 2. The molecular formula is C13H13N3O3. The van der Waals surface area contributed by atoms with Gasteiger partial charge in [-0.3, -0.25) is 14.2 Å². The fraction of sp³-hybridized carbons (Fsp3) is 0.154. The molecule has 1 aromatic heterocycles. The molecule has 6 nitrogen and oxygen atoms in total. The third-order valence-electron chi connectivity index (χ3n) is 2.70. The molecule has 1 aromatic carbocycles. The third-order valence-corrected chi connectivity index (χ3v) is 2.70. The van der Waals surface area contributed by atoms with Crippen molar-refractivity contribution in [1.82, 2.24) is 9.55 Å². The van der Waals surface area contributed by atoms with Crippen molar-refractivity contribution in [3.8, 4) is 0 Å². The van der Waals surface area contributed by atoms with Gasteiger partial charge in [0, 0.05) is 18.9 Å². The Labute approximate surface area is 108 Å². The van der Waals surface area contributed by atoms with Crippen LogP contribution in [0.4, 0.5) is 5.69 Å². The van der Waals surface area contributed by atoms with Crippen LogP contribution in [0.5, 0.6) is 0 Å². The van der Waals surface area contributed by atoms with Gasteiger partial charge in [0.1, 0.15) is 5.56 Å². The molecule has 0 radical (unpaired) electrons. The molecular weight excluding hydrogens is 246 g/mol. The van der Waals surface area contributed by atoms with E-state index in [1.807, 2.05) is 13.0 Å². The number of aryl methyl sites for hydroxylation is 1. The van der Waals surface area contributed by atoms with Gasteiger partial charge in [-0.2, -0.15) is 0 Å². The second-order valence-corrected chi connectivity index (χ2v) is 4.20. The molecule has 0 unspecified atom stereocenters. The predicted molar refractivity (Wildman–Crippen MR) is 71.4 cm³/mol. The maximum atomic E-state index is 12.0. The third kappa shape index (κ3) is 2.62. The molecule has 0 spiro atoms. The van der Waals surface area contributed by atoms with Gasteiger partial charge in [-0.05, 0) is 24.6 Å². The van der Waals surface area contributed by atoms with Crippen LogP contribution < -0.4 is 16.6 Å². The van der Waals surface area contributed by atoms with Crippen LogP contribution in [-0.4, -0.2) is 15.5 Å². The minimum Gasteiger partial charge on any atom is -0.322 e. The highest BCUT2D eigenvalue weighted by Gasteiger charge is 2.13. The van der Waals surface area contributed by atoms with E-state index in [1.165, 1.54) is 7.05 Å². The van der Waals surface area contributed by atoms with E-state index < -0.39 is 17.2 Å². The van der Waals surface area contributed by atoms with Gasteiger partial charge in [0.05, 0.1) is 0 Å². The van der Waals surface area contributed by atoms with Gasteiger partial charge in [0.25, 0.3) is 11.5 Å². The molecule has 2 rings (SSSR count). The molecule has 1 amide bonds. The second kappa shape index (κ2) is 4.93. The molecule has 0 atom stereocenters. The first-order valence-corrected chi connectivity index (χ1v) is 5.66. The number of aromatic nitrogens is 2. The van der Waals surface area contributed by atoms with E-state index in [0.717, 1.165) is 16.3 Å². The Morgan fingerprint density at radius 1 is 1.32 bits per heavy atom. The Morgan fingerprint density at radius 2 is 2.05 bits per heavy atom. The Morgan fingerprint density at radius 3 is 2.74 bits per heavy atom. The summed E-state index contributed by atoms with van der Waals surface area (Å²) < 4.78 is 0.852. The van der Waals surface area contributed by atoms with Crippen LogP contribution in [0.3, 0.4) is 0 Å². The summed E-state index contributed by atoms with van der Waals surface area (Å²) in [6.45, 7) is 1.90. The summed E-state index contributed by atoms with van der Waals surface area (Å²) in [7, 11) is 1.31. The minimum atomic E-state index is -0.631. The molecule has 0 bridgehead atoms. The van der Waals surface area contributed by atoms with Crippen LogP contribution in [0.15, 0.2) is 40.1 Å². The lowest BCUT2D eigenvalue weighted by Crippen LogP contribution is -2.37. The summed E-state index contributed by atoms with van der Waals surface area (Å²) in [5.41, 5.74) is 0.292. The number of H-pyrrole nitrogens is 1. The van der Waals surface area contributed by atoms with E-state index in [2.05, 4.69) is 10.3 Å². The number of hydrogen-bond acceptors (Lipinski definition) is 3. The number of amides is 1. The fourth-order valence-corrected chi connectivity index (χ4v) is 1.65. The van der Waals surface area contributed by atoms with Gasteiger partial charge < -0.3 is 10.3 Å². The summed E-state index contributed by atoms with van der Waals surface area (Å²) in [4.78, 5) is 37.3. The lowest BCUT2D eigenvalue weighted by atomic mass is 10.2. The molecule has 0 aliphatic heterocycles. The van der Waals surface area contributed by atoms with Crippen molar-refractivity contribution in [2.45, 2.75) is 6.92 Å². The fourth-order valence-electron chi connectivity index (χ4n) is 1.65. The maximum absolute atomic E-state index is 12.0. The number of carbonyl (C=O) groups is 1. The Bertz CT molecular complexity index is 743. The van der Waals surface area contributed by atoms with Crippen molar-refractivity contribution in [2.75, 3.05) is 5.32 Å². The molecule has 0 fully saturated rings. The highest BCUT2D eigenvalue weighted by molar-refractivity contribution is 6.03. The summed E-state index contributed by atoms with van der Waals surface area (Å²) in [6.07, 6.45) is 1.12. The van der Waals surface area contributed by atoms with Crippen LogP contribution in [0.25, 0.3) is 0 Å². The molecule has 1 heterocycles. The minimum absolute atomic E-state index is 0.108. The number of rotatable bonds is 2. The van der Waals surface area contributed by atoms with E-state index >= 15 is 0 Å². The van der Waals surface area contributed by atoms with Crippen LogP contribution in [0, 0.1) is 6.92 Å². The normalized spacial score (nSPS) is 10.2. The van der Waals surface area contributed by atoms with Crippen molar-refractivity contribution in [3.05, 3.63) is 62.4 Å². The maximum Gasteiger partial charge on any atom is 0.328 e. The lowest BCUT2D eigenvalue weighted by molar-refractivity contribution is 0.102. The zero-order valence-electron chi connectivity index (χ0n) is 10.6. The lowest BCUT2D eigenvalue weighted by Gasteiger charge is -2.06. The van der Waals surface area contributed by atoms with Crippen molar-refractivity contribution in [2.24, 2.45) is 7.05 Å². The van der Waals surface area contributed by atoms with Gasteiger partial charge in [0.2, 0.25) is 0 Å². The average Bonchev–Trinajstić information content (AvgIpc) is 2.36. The molecule has 2 aromatic rings. The van der Waals surface area contributed by atoms with Crippen LogP contribution in [0.2, 0.25) is 0 Å². The first-order chi connectivity index (χ1) is 8.99. The van der Waals surface area contributed by atoms with Gasteiger partial charge in [-0.15, -0.1) is 0 Å². The van der Waals surface area contributed by atoms with Crippen LogP contribution >= 0.6 is 0 Å². The van der Waals surface area contributed by atoms with E-state index in [-0.39, 0.29) is 5.56 Å². The highest BCUT2D eigenvalue weighted by Crippen LogP contribution is 2.10. The molecule has 0 saturated carbocycles. The van der Waals surface area contributed by atoms with Crippen molar-refractivity contribution in [3.63, 3.8) is 0 Å². The zero-order valence-corrected chi connectivity index (χ0v) is 10.6. The number of aromatic amines is 1. The van der Waals surface area contributed by atoms with E-state index in [0.29, 0.717) is 5.69 Å². The monoisotopic (exact) mass is 259 g/mol. The largest absolute Gasteiger partial charge is 0.328 e. The van der Waals surface area contributed by atoms with Gasteiger partial charge >= 0.3 is 5.69 Å². The summed E-state index contributed by atoms with van der Waals surface area (Å²) in [6, 6.07) is 7.21. The Kier molecular flexibility index (Phi) is 3.33. The Hall–Kier alpha value is -2.63. The SMILES string of the molecule is Cc1cccc(NC(=O)c2c[nH]c(=O)n(C)c2=O)c1. The zero-order chi connectivity index (χ0) is 14.0. The number of carbonyl (C=O) groups excluding carboxylic acids is 1. The number of benzene rings is 1.